The van der Waals surface area contributed by atoms with E-state index in [9.17, 15) is 4.79 Å². The normalized spacial score (nSPS) is 40.5. The number of carbonyl (C=O) groups is 1. The maximum Gasteiger partial charge on any atom is 0.157 e. The molecule has 1 aliphatic rings. The Morgan fingerprint density at radius 3 is 3.12 bits per heavy atom. The molecule has 0 spiro atoms. The van der Waals surface area contributed by atoms with Crippen LogP contribution in [0.2, 0.25) is 6.43 Å². The minimum atomic E-state index is -3.02. The molecule has 86 valence electrons. The van der Waals surface area contributed by atoms with E-state index in [1.165, 1.54) is 18.2 Å². The van der Waals surface area contributed by atoms with Crippen LogP contribution in [-0.4, -0.2) is 12.8 Å². The van der Waals surface area contributed by atoms with Crippen LogP contribution in [-0.2, 0) is 10.3 Å². The number of hydrogen-bond acceptors (Lipinski definition) is 2. The van der Waals surface area contributed by atoms with Gasteiger partial charge in [0.1, 0.15) is 6.95 Å². The Bertz CT molecular complexity index is 662. The molecule has 0 aromatic heterocycles. The Hall–Kier alpha value is -0.860. The fourth-order valence-corrected chi connectivity index (χ4v) is 2.07. The van der Waals surface area contributed by atoms with Crippen molar-refractivity contribution in [3.8, 4) is 0 Å². The first kappa shape index (κ1) is 5.19. The number of nitrogens with one attached hydrogen (secondary N) is 1. The molecule has 1 aliphatic carbocycles. The van der Waals surface area contributed by atoms with E-state index in [2.05, 4.69) is 0 Å². The molecule has 1 unspecified atom stereocenters. The summed E-state index contributed by atoms with van der Waals surface area (Å²) in [5.41, 5.74) is -2.21. The van der Waals surface area contributed by atoms with Crippen molar-refractivity contribution >= 4 is 17.4 Å². The van der Waals surface area contributed by atoms with Crippen LogP contribution in [0.15, 0.2) is 24.3 Å². The van der Waals surface area contributed by atoms with Gasteiger partial charge in [0.05, 0.1) is 0 Å². The zero-order chi connectivity index (χ0) is 18.6. The van der Waals surface area contributed by atoms with Gasteiger partial charge in [0.25, 0.3) is 0 Å². The van der Waals surface area contributed by atoms with E-state index in [0.29, 0.717) is 0 Å². The minimum absolute atomic E-state index is 0.0119. The molecule has 1 saturated carbocycles. The monoisotopic (exact) mass is 245 g/mol. The second kappa shape index (κ2) is 4.56. The molecule has 0 bridgehead atoms. The first-order valence-corrected chi connectivity index (χ1v) is 5.21. The van der Waals surface area contributed by atoms with Crippen LogP contribution in [0.1, 0.15) is 40.7 Å². The molecule has 2 nitrogen and oxygen atoms in total. The van der Waals surface area contributed by atoms with E-state index in [0.717, 1.165) is 0 Å². The fourth-order valence-electron chi connectivity index (χ4n) is 1.78. The van der Waals surface area contributed by atoms with Gasteiger partial charge in [-0.05, 0) is 31.4 Å². The average molecular weight is 246 g/mol. The molecule has 1 N–H and O–H groups in total. The molecule has 1 aromatic rings. The summed E-state index contributed by atoms with van der Waals surface area (Å²) in [5, 5.41) is 0.0991. The van der Waals surface area contributed by atoms with Gasteiger partial charge in [0.15, 0.2) is 5.78 Å². The molecule has 0 saturated heterocycles. The van der Waals surface area contributed by atoms with Gasteiger partial charge in [0.2, 0.25) is 0 Å². The van der Waals surface area contributed by atoms with Crippen molar-refractivity contribution < 1.29 is 15.8 Å². The first-order chi connectivity index (χ1) is 10.8. The SMILES string of the molecule is [2H]N(C([2H])([2H])[2H])C1(c2ccccc2Cl)CC([2H])([2H])C([2H])([2H])CC1=O. The van der Waals surface area contributed by atoms with Gasteiger partial charge in [-0.1, -0.05) is 36.2 Å². The molecule has 1 fully saturated rings. The van der Waals surface area contributed by atoms with Crippen LogP contribution < -0.4 is 5.31 Å². The highest BCUT2D eigenvalue weighted by Crippen LogP contribution is 2.37. The van der Waals surface area contributed by atoms with E-state index >= 15 is 0 Å². The summed E-state index contributed by atoms with van der Waals surface area (Å²) in [6, 6.07) is 5.84. The van der Waals surface area contributed by atoms with Crippen LogP contribution in [0.3, 0.4) is 0 Å². The van der Waals surface area contributed by atoms with Crippen LogP contribution >= 0.6 is 11.6 Å². The number of halogens is 1. The molecule has 0 radical (unpaired) electrons. The summed E-state index contributed by atoms with van der Waals surface area (Å²) >= 11 is 6.11. The average Bonchev–Trinajstić information content (AvgIpc) is 2.41. The summed E-state index contributed by atoms with van der Waals surface area (Å²) in [6.07, 6.45) is -6.66. The zero-order valence-electron chi connectivity index (χ0n) is 16.5. The van der Waals surface area contributed by atoms with Crippen molar-refractivity contribution in [3.05, 3.63) is 34.9 Å². The van der Waals surface area contributed by atoms with E-state index in [1.807, 2.05) is 0 Å². The Morgan fingerprint density at radius 2 is 2.38 bits per heavy atom. The second-order valence-electron chi connectivity index (χ2n) is 3.58. The molecule has 0 heterocycles. The highest BCUT2D eigenvalue weighted by Gasteiger charge is 2.40. The summed E-state index contributed by atoms with van der Waals surface area (Å²) < 4.78 is 62.1. The lowest BCUT2D eigenvalue weighted by molar-refractivity contribution is -0.127. The van der Waals surface area contributed by atoms with Crippen molar-refractivity contribution in [1.82, 2.24) is 5.31 Å². The molecular weight excluding hydrogens is 222 g/mol. The van der Waals surface area contributed by atoms with E-state index in [1.54, 1.807) is 6.07 Å². The topological polar surface area (TPSA) is 29.1 Å². The summed E-state index contributed by atoms with van der Waals surface area (Å²) in [5.74, 6) is -0.887. The number of rotatable bonds is 2. The van der Waals surface area contributed by atoms with Gasteiger partial charge in [-0.15, -0.1) is 0 Å². The molecule has 1 aromatic carbocycles. The molecule has 0 aliphatic heterocycles. The molecular formula is C13H16ClNO. The summed E-state index contributed by atoms with van der Waals surface area (Å²) in [4.78, 5) is 12.8. The quantitative estimate of drug-likeness (QED) is 0.868. The number of benzene rings is 1. The van der Waals surface area contributed by atoms with Crippen LogP contribution in [0.5, 0.6) is 0 Å². The lowest BCUT2D eigenvalue weighted by atomic mass is 9.75. The van der Waals surface area contributed by atoms with Gasteiger partial charge in [-0.2, -0.15) is 0 Å². The van der Waals surface area contributed by atoms with Gasteiger partial charge in [-0.25, -0.2) is 0 Å². The molecule has 3 heteroatoms. The second-order valence-corrected chi connectivity index (χ2v) is 3.99. The largest absolute Gasteiger partial charge is 0.304 e. The van der Waals surface area contributed by atoms with E-state index in [4.69, 9.17) is 22.6 Å². The minimum Gasteiger partial charge on any atom is -0.304 e. The van der Waals surface area contributed by atoms with Gasteiger partial charge in [-0.3, -0.25) is 4.79 Å². The lowest BCUT2D eigenvalue weighted by Crippen LogP contribution is -2.49. The third-order valence-corrected chi connectivity index (χ3v) is 3.02. The Balaban J connectivity index is 2.74. The highest BCUT2D eigenvalue weighted by molar-refractivity contribution is 6.31. The molecule has 0 amide bonds. The molecule has 16 heavy (non-hydrogen) atoms. The van der Waals surface area contributed by atoms with Crippen molar-refractivity contribution in [1.29, 1.82) is 0 Å². The lowest BCUT2D eigenvalue weighted by Gasteiger charge is -2.36. The highest BCUT2D eigenvalue weighted by atomic mass is 35.5. The van der Waals surface area contributed by atoms with Gasteiger partial charge >= 0.3 is 0 Å². The Labute approximate surface area is 112 Å². The summed E-state index contributed by atoms with van der Waals surface area (Å²) in [7, 11) is 0. The standard InChI is InChI=1S/C13H16ClNO/c1-15-13(9-5-4-8-12(13)16)10-6-2-3-7-11(10)14/h2-3,6-7,15H,4-5,8-9H2,1H3/i1D3,4D2,5D2/hD. The van der Waals surface area contributed by atoms with Crippen molar-refractivity contribution in [3.63, 3.8) is 0 Å². The predicted octanol–water partition coefficient (Wildman–Crippen LogP) is 2.90. The number of carbonyl (C=O) groups excluding carboxylic acids is 1. The maximum absolute atomic E-state index is 12.8. The predicted molar refractivity (Wildman–Crippen MR) is 65.7 cm³/mol. The van der Waals surface area contributed by atoms with E-state index < -0.39 is 43.9 Å². The van der Waals surface area contributed by atoms with Crippen LogP contribution in [0.4, 0.5) is 0 Å². The molecule has 1 atom stereocenters. The number of Topliss-reactive ketones (excluding diaryl/α,β-unsaturated/α-hetero) is 1. The Morgan fingerprint density at radius 1 is 1.56 bits per heavy atom. The van der Waals surface area contributed by atoms with Crippen molar-refractivity contribution in [2.75, 3.05) is 6.98 Å². The molecule has 2 rings (SSSR count). The van der Waals surface area contributed by atoms with Gasteiger partial charge in [0, 0.05) is 21.0 Å². The zero-order valence-corrected chi connectivity index (χ0v) is 9.21. The number of likely N-dealkylation sites (N-methyl/N-ethyl adjacent to an activating group) is 1. The third-order valence-electron chi connectivity index (χ3n) is 2.69. The first-order valence-electron chi connectivity index (χ1n) is 8.78. The van der Waals surface area contributed by atoms with Gasteiger partial charge < -0.3 is 5.31 Å². The Kier molecular flexibility index (Phi) is 1.48. The number of ketones is 1. The maximum atomic E-state index is 12.8. The van der Waals surface area contributed by atoms with Crippen molar-refractivity contribution in [2.24, 2.45) is 0 Å². The number of hydrogen-bond donors (Lipinski definition) is 1. The van der Waals surface area contributed by atoms with Crippen LogP contribution in [0, 0.1) is 0 Å². The van der Waals surface area contributed by atoms with Crippen molar-refractivity contribution in [2.45, 2.75) is 31.1 Å². The smallest absolute Gasteiger partial charge is 0.157 e. The van der Waals surface area contributed by atoms with Crippen LogP contribution in [0.25, 0.3) is 0 Å². The summed E-state index contributed by atoms with van der Waals surface area (Å²) in [6.45, 7) is -3.02. The van der Waals surface area contributed by atoms with E-state index in [-0.39, 0.29) is 15.9 Å². The fraction of sp³-hybridized carbons (Fsp3) is 0.462. The third kappa shape index (κ3) is 1.76.